The molecule has 1 heterocycles. The van der Waals surface area contributed by atoms with Gasteiger partial charge in [-0.3, -0.25) is 9.89 Å². The van der Waals surface area contributed by atoms with Gasteiger partial charge in [0.1, 0.15) is 11.4 Å². The smallest absolute Gasteiger partial charge is 0.353 e. The summed E-state index contributed by atoms with van der Waals surface area (Å²) in [6, 6.07) is 7.95. The Morgan fingerprint density at radius 2 is 2.10 bits per heavy atom. The molecule has 1 aromatic carbocycles. The highest BCUT2D eigenvalue weighted by molar-refractivity contribution is 6.04. The predicted molar refractivity (Wildman–Crippen MR) is 75.7 cm³/mol. The van der Waals surface area contributed by atoms with Crippen molar-refractivity contribution in [1.29, 1.82) is 0 Å². The molecule has 0 aliphatic heterocycles. The van der Waals surface area contributed by atoms with Crippen LogP contribution in [0.15, 0.2) is 30.3 Å². The maximum absolute atomic E-state index is 12.1. The first-order valence-corrected chi connectivity index (χ1v) is 6.32. The minimum atomic E-state index is -1.14. The number of carboxylic acids is 1. The molecule has 0 aliphatic carbocycles. The van der Waals surface area contributed by atoms with Crippen LogP contribution >= 0.6 is 0 Å². The number of aromatic nitrogens is 2. The molecule has 0 radical (unpaired) electrons. The summed E-state index contributed by atoms with van der Waals surface area (Å²) in [6.45, 7) is 3.79. The fourth-order valence-corrected chi connectivity index (χ4v) is 1.67. The van der Waals surface area contributed by atoms with Crippen LogP contribution in [-0.2, 0) is 0 Å². The van der Waals surface area contributed by atoms with E-state index < -0.39 is 11.9 Å². The lowest BCUT2D eigenvalue weighted by molar-refractivity contribution is 0.0690. The van der Waals surface area contributed by atoms with Crippen LogP contribution in [-0.4, -0.2) is 33.3 Å². The summed E-state index contributed by atoms with van der Waals surface area (Å²) in [4.78, 5) is 22.8. The summed E-state index contributed by atoms with van der Waals surface area (Å²) in [5.74, 6) is -0.804. The van der Waals surface area contributed by atoms with Crippen LogP contribution in [0, 0.1) is 0 Å². The Hall–Kier alpha value is -2.83. The highest BCUT2D eigenvalue weighted by Crippen LogP contribution is 2.16. The lowest BCUT2D eigenvalue weighted by Gasteiger charge is -2.10. The Balaban J connectivity index is 2.10. The van der Waals surface area contributed by atoms with Crippen molar-refractivity contribution in [3.05, 3.63) is 41.6 Å². The molecule has 0 spiro atoms. The molecule has 2 rings (SSSR count). The fourth-order valence-electron chi connectivity index (χ4n) is 1.67. The van der Waals surface area contributed by atoms with Crippen molar-refractivity contribution >= 4 is 17.7 Å². The van der Waals surface area contributed by atoms with Gasteiger partial charge in [0.15, 0.2) is 5.82 Å². The zero-order valence-corrected chi connectivity index (χ0v) is 11.6. The van der Waals surface area contributed by atoms with E-state index in [0.717, 1.165) is 0 Å². The Morgan fingerprint density at radius 1 is 1.33 bits per heavy atom. The van der Waals surface area contributed by atoms with Gasteiger partial charge in [0.05, 0.1) is 6.10 Å². The van der Waals surface area contributed by atoms with Crippen molar-refractivity contribution in [2.24, 2.45) is 0 Å². The number of H-pyrrole nitrogens is 1. The van der Waals surface area contributed by atoms with Crippen LogP contribution in [0.2, 0.25) is 0 Å². The maximum atomic E-state index is 12.1. The van der Waals surface area contributed by atoms with Gasteiger partial charge in [-0.25, -0.2) is 4.79 Å². The maximum Gasteiger partial charge on any atom is 0.353 e. The molecule has 110 valence electrons. The normalized spacial score (nSPS) is 10.4. The van der Waals surface area contributed by atoms with Crippen LogP contribution in [0.1, 0.15) is 34.7 Å². The first-order chi connectivity index (χ1) is 9.95. The highest BCUT2D eigenvalue weighted by Gasteiger charge is 2.12. The number of aromatic carboxylic acids is 1. The number of ether oxygens (including phenoxy) is 1. The first-order valence-electron chi connectivity index (χ1n) is 6.32. The van der Waals surface area contributed by atoms with Gasteiger partial charge in [-0.2, -0.15) is 5.10 Å². The van der Waals surface area contributed by atoms with E-state index in [9.17, 15) is 9.59 Å². The Morgan fingerprint density at radius 3 is 2.71 bits per heavy atom. The van der Waals surface area contributed by atoms with Crippen molar-refractivity contribution in [2.45, 2.75) is 20.0 Å². The van der Waals surface area contributed by atoms with Crippen LogP contribution in [0.4, 0.5) is 5.82 Å². The third-order valence-corrected chi connectivity index (χ3v) is 2.52. The second-order valence-corrected chi connectivity index (χ2v) is 4.62. The summed E-state index contributed by atoms with van der Waals surface area (Å²) in [5, 5.41) is 17.3. The zero-order valence-electron chi connectivity index (χ0n) is 11.6. The average molecular weight is 289 g/mol. The molecule has 2 aromatic rings. The minimum Gasteiger partial charge on any atom is -0.491 e. The summed E-state index contributed by atoms with van der Waals surface area (Å²) in [7, 11) is 0. The Bertz CT molecular complexity index is 664. The van der Waals surface area contributed by atoms with Crippen LogP contribution < -0.4 is 10.1 Å². The number of nitrogens with zero attached hydrogens (tertiary/aromatic N) is 1. The molecule has 0 atom stereocenters. The fraction of sp³-hybridized carbons (Fsp3) is 0.214. The molecule has 0 aliphatic rings. The van der Waals surface area contributed by atoms with Gasteiger partial charge in [-0.1, -0.05) is 6.07 Å². The Kier molecular flexibility index (Phi) is 4.22. The number of aromatic amines is 1. The van der Waals surface area contributed by atoms with Crippen molar-refractivity contribution in [1.82, 2.24) is 10.2 Å². The number of benzene rings is 1. The molecule has 0 saturated heterocycles. The molecule has 3 N–H and O–H groups in total. The lowest BCUT2D eigenvalue weighted by Crippen LogP contribution is -2.13. The molecule has 0 bridgehead atoms. The summed E-state index contributed by atoms with van der Waals surface area (Å²) in [5.41, 5.74) is 0.301. The average Bonchev–Trinajstić information content (AvgIpc) is 2.87. The number of amides is 1. The molecule has 1 aromatic heterocycles. The van der Waals surface area contributed by atoms with E-state index in [4.69, 9.17) is 9.84 Å². The van der Waals surface area contributed by atoms with Crippen molar-refractivity contribution in [3.8, 4) is 5.75 Å². The van der Waals surface area contributed by atoms with E-state index in [-0.39, 0.29) is 17.6 Å². The second-order valence-electron chi connectivity index (χ2n) is 4.62. The first kappa shape index (κ1) is 14.6. The SMILES string of the molecule is CC(C)Oc1cccc(C(=O)Nc2cc(C(=O)O)[nH]n2)c1. The number of hydrogen-bond donors (Lipinski definition) is 3. The molecule has 0 saturated carbocycles. The number of carbonyl (C=O) groups excluding carboxylic acids is 1. The van der Waals surface area contributed by atoms with Crippen LogP contribution in [0.5, 0.6) is 5.75 Å². The number of hydrogen-bond acceptors (Lipinski definition) is 4. The summed E-state index contributed by atoms with van der Waals surface area (Å²) >= 11 is 0. The number of rotatable bonds is 5. The van der Waals surface area contributed by atoms with Crippen LogP contribution in [0.25, 0.3) is 0 Å². The van der Waals surface area contributed by atoms with E-state index in [1.165, 1.54) is 6.07 Å². The van der Waals surface area contributed by atoms with Crippen molar-refractivity contribution in [2.75, 3.05) is 5.32 Å². The monoisotopic (exact) mass is 289 g/mol. The molecule has 0 fully saturated rings. The highest BCUT2D eigenvalue weighted by atomic mass is 16.5. The summed E-state index contributed by atoms with van der Waals surface area (Å²) in [6.07, 6.45) is 0.00720. The number of nitrogens with one attached hydrogen (secondary N) is 2. The Labute approximate surface area is 120 Å². The van der Waals surface area contributed by atoms with Gasteiger partial charge >= 0.3 is 5.97 Å². The molecular weight excluding hydrogens is 274 g/mol. The standard InChI is InChI=1S/C14H15N3O4/c1-8(2)21-10-5-3-4-9(6-10)13(18)15-12-7-11(14(19)20)16-17-12/h3-8H,1-2H3,(H,19,20)(H2,15,16,17,18). The zero-order chi connectivity index (χ0) is 15.4. The van der Waals surface area contributed by atoms with Gasteiger partial charge in [0.2, 0.25) is 0 Å². The van der Waals surface area contributed by atoms with E-state index in [1.54, 1.807) is 24.3 Å². The third kappa shape index (κ3) is 3.82. The second kappa shape index (κ2) is 6.08. The quantitative estimate of drug-likeness (QED) is 0.782. The van der Waals surface area contributed by atoms with Gasteiger partial charge in [-0.05, 0) is 32.0 Å². The van der Waals surface area contributed by atoms with Gasteiger partial charge in [0, 0.05) is 11.6 Å². The topological polar surface area (TPSA) is 104 Å². The van der Waals surface area contributed by atoms with Gasteiger partial charge in [-0.15, -0.1) is 0 Å². The lowest BCUT2D eigenvalue weighted by atomic mass is 10.2. The predicted octanol–water partition coefficient (Wildman–Crippen LogP) is 2.15. The minimum absolute atomic E-state index is 0.00720. The van der Waals surface area contributed by atoms with E-state index in [1.807, 2.05) is 13.8 Å². The van der Waals surface area contributed by atoms with E-state index >= 15 is 0 Å². The van der Waals surface area contributed by atoms with Crippen molar-refractivity contribution < 1.29 is 19.4 Å². The largest absolute Gasteiger partial charge is 0.491 e. The van der Waals surface area contributed by atoms with Crippen LogP contribution in [0.3, 0.4) is 0 Å². The number of anilines is 1. The van der Waals surface area contributed by atoms with Crippen molar-refractivity contribution in [3.63, 3.8) is 0 Å². The third-order valence-electron chi connectivity index (χ3n) is 2.52. The van der Waals surface area contributed by atoms with E-state index in [2.05, 4.69) is 15.5 Å². The van der Waals surface area contributed by atoms with Gasteiger partial charge in [0.25, 0.3) is 5.91 Å². The molecule has 1 amide bonds. The molecule has 7 heteroatoms. The molecular formula is C14H15N3O4. The molecule has 0 unspecified atom stereocenters. The molecule has 21 heavy (non-hydrogen) atoms. The molecule has 7 nitrogen and oxygen atoms in total. The number of carboxylic acid groups (broad SMARTS) is 1. The van der Waals surface area contributed by atoms with E-state index in [0.29, 0.717) is 11.3 Å². The summed E-state index contributed by atoms with van der Waals surface area (Å²) < 4.78 is 5.51. The number of carbonyl (C=O) groups is 2. The van der Waals surface area contributed by atoms with Gasteiger partial charge < -0.3 is 15.2 Å².